The molecule has 3 aromatic rings. The van der Waals surface area contributed by atoms with Crippen molar-refractivity contribution in [2.24, 2.45) is 0 Å². The van der Waals surface area contributed by atoms with Crippen LogP contribution in [-0.4, -0.2) is 60.2 Å². The third-order valence-corrected chi connectivity index (χ3v) is 6.45. The zero-order valence-corrected chi connectivity index (χ0v) is 19.6. The summed E-state index contributed by atoms with van der Waals surface area (Å²) in [6.45, 7) is 4.00. The maximum absolute atomic E-state index is 13.7. The van der Waals surface area contributed by atoms with Crippen LogP contribution in [0.5, 0.6) is 5.75 Å². The summed E-state index contributed by atoms with van der Waals surface area (Å²) in [7, 11) is 1.62. The third kappa shape index (κ3) is 5.70. The molecule has 1 atom stereocenters. The van der Waals surface area contributed by atoms with Crippen LogP contribution in [0.2, 0.25) is 0 Å². The minimum Gasteiger partial charge on any atom is -0.497 e. The molecule has 1 amide bonds. The molecule has 3 N–H and O–H groups in total. The van der Waals surface area contributed by atoms with Crippen LogP contribution >= 0.6 is 0 Å². The zero-order chi connectivity index (χ0) is 24.1. The van der Waals surface area contributed by atoms with Crippen LogP contribution in [0, 0.1) is 12.7 Å². The number of aromatic nitrogens is 1. The van der Waals surface area contributed by atoms with E-state index in [9.17, 15) is 14.3 Å². The van der Waals surface area contributed by atoms with Crippen LogP contribution in [0.4, 0.5) is 10.1 Å². The van der Waals surface area contributed by atoms with Gasteiger partial charge in [-0.3, -0.25) is 9.78 Å². The lowest BCUT2D eigenvalue weighted by Gasteiger charge is -2.33. The number of methoxy groups -OCH3 is 1. The SMILES string of the molecule is COc1ccc2nccc(C(O)CN3CCC(NCC(=O)Nc4cccc(F)c4C)CC3)c2c1. The second-order valence-corrected chi connectivity index (χ2v) is 8.72. The van der Waals surface area contributed by atoms with Gasteiger partial charge in [0.15, 0.2) is 0 Å². The lowest BCUT2D eigenvalue weighted by Crippen LogP contribution is -2.45. The van der Waals surface area contributed by atoms with Crippen molar-refractivity contribution in [3.63, 3.8) is 0 Å². The Morgan fingerprint density at radius 2 is 2.06 bits per heavy atom. The van der Waals surface area contributed by atoms with Crippen molar-refractivity contribution in [2.45, 2.75) is 31.9 Å². The van der Waals surface area contributed by atoms with Crippen molar-refractivity contribution >= 4 is 22.5 Å². The summed E-state index contributed by atoms with van der Waals surface area (Å²) >= 11 is 0. The molecule has 180 valence electrons. The summed E-state index contributed by atoms with van der Waals surface area (Å²) in [5.74, 6) is 0.211. The molecule has 8 heteroatoms. The molecule has 0 aliphatic carbocycles. The van der Waals surface area contributed by atoms with Crippen molar-refractivity contribution in [3.8, 4) is 5.75 Å². The van der Waals surface area contributed by atoms with Gasteiger partial charge >= 0.3 is 0 Å². The molecule has 0 spiro atoms. The van der Waals surface area contributed by atoms with Gasteiger partial charge in [-0.25, -0.2) is 4.39 Å². The Labute approximate surface area is 198 Å². The number of amides is 1. The molecule has 4 rings (SSSR count). The fourth-order valence-corrected chi connectivity index (χ4v) is 4.40. The molecule has 1 aromatic heterocycles. The summed E-state index contributed by atoms with van der Waals surface area (Å²) in [4.78, 5) is 18.9. The first kappa shape index (κ1) is 24.1. The molecule has 7 nitrogen and oxygen atoms in total. The van der Waals surface area contributed by atoms with Crippen molar-refractivity contribution < 1.29 is 19.0 Å². The lowest BCUT2D eigenvalue weighted by molar-refractivity contribution is -0.115. The van der Waals surface area contributed by atoms with Crippen molar-refractivity contribution in [3.05, 3.63) is 65.6 Å². The number of nitrogens with zero attached hydrogens (tertiary/aromatic N) is 2. The first-order valence-electron chi connectivity index (χ1n) is 11.6. The predicted molar refractivity (Wildman–Crippen MR) is 130 cm³/mol. The number of likely N-dealkylation sites (tertiary alicyclic amines) is 1. The van der Waals surface area contributed by atoms with E-state index in [1.54, 1.807) is 32.4 Å². The number of halogens is 1. The van der Waals surface area contributed by atoms with Crippen LogP contribution in [0.1, 0.15) is 30.1 Å². The molecule has 2 heterocycles. The topological polar surface area (TPSA) is 86.7 Å². The average Bonchev–Trinajstić information content (AvgIpc) is 2.85. The number of rotatable bonds is 8. The first-order chi connectivity index (χ1) is 16.4. The van der Waals surface area contributed by atoms with E-state index in [0.29, 0.717) is 17.8 Å². The lowest BCUT2D eigenvalue weighted by atomic mass is 10.0. The fraction of sp³-hybridized carbons (Fsp3) is 0.385. The van der Waals surface area contributed by atoms with E-state index >= 15 is 0 Å². The second kappa shape index (κ2) is 10.9. The Kier molecular flexibility index (Phi) is 7.72. The van der Waals surface area contributed by atoms with Crippen molar-refractivity contribution in [2.75, 3.05) is 38.6 Å². The number of hydrogen-bond acceptors (Lipinski definition) is 6. The number of benzene rings is 2. The quantitative estimate of drug-likeness (QED) is 0.472. The number of pyridine rings is 1. The summed E-state index contributed by atoms with van der Waals surface area (Å²) in [6, 6.07) is 12.4. The van der Waals surface area contributed by atoms with Crippen LogP contribution < -0.4 is 15.4 Å². The van der Waals surface area contributed by atoms with Crippen LogP contribution in [0.15, 0.2) is 48.7 Å². The third-order valence-electron chi connectivity index (χ3n) is 6.45. The fourth-order valence-electron chi connectivity index (χ4n) is 4.40. The summed E-state index contributed by atoms with van der Waals surface area (Å²) in [5, 5.41) is 17.9. The Morgan fingerprint density at radius 1 is 1.26 bits per heavy atom. The van der Waals surface area contributed by atoms with Gasteiger partial charge in [0, 0.05) is 35.4 Å². The van der Waals surface area contributed by atoms with E-state index in [2.05, 4.69) is 20.5 Å². The number of ether oxygens (including phenoxy) is 1. The minimum atomic E-state index is -0.637. The molecule has 0 saturated carbocycles. The van der Waals surface area contributed by atoms with E-state index in [-0.39, 0.29) is 24.3 Å². The average molecular weight is 467 g/mol. The number of anilines is 1. The van der Waals surface area contributed by atoms with Gasteiger partial charge in [0.2, 0.25) is 5.91 Å². The molecule has 1 aliphatic heterocycles. The summed E-state index contributed by atoms with van der Waals surface area (Å²) in [5.41, 5.74) is 2.60. The molecule has 1 aliphatic rings. The second-order valence-electron chi connectivity index (χ2n) is 8.72. The van der Waals surface area contributed by atoms with Crippen molar-refractivity contribution in [1.82, 2.24) is 15.2 Å². The van der Waals surface area contributed by atoms with Gasteiger partial charge in [-0.1, -0.05) is 6.07 Å². The maximum Gasteiger partial charge on any atom is 0.238 e. The van der Waals surface area contributed by atoms with Gasteiger partial charge in [0.05, 0.1) is 25.3 Å². The van der Waals surface area contributed by atoms with E-state index in [1.807, 2.05) is 24.3 Å². The molecule has 2 aromatic carbocycles. The molecular formula is C26H31FN4O3. The Hall–Kier alpha value is -3.07. The highest BCUT2D eigenvalue weighted by molar-refractivity contribution is 5.93. The monoisotopic (exact) mass is 466 g/mol. The number of carbonyl (C=O) groups excluding carboxylic acids is 1. The molecule has 1 fully saturated rings. The van der Waals surface area contributed by atoms with Gasteiger partial charge in [-0.2, -0.15) is 0 Å². The van der Waals surface area contributed by atoms with Crippen LogP contribution in [0.25, 0.3) is 10.9 Å². The number of aliphatic hydroxyl groups is 1. The number of carbonyl (C=O) groups is 1. The number of piperidine rings is 1. The van der Waals surface area contributed by atoms with Gasteiger partial charge < -0.3 is 25.4 Å². The van der Waals surface area contributed by atoms with Crippen LogP contribution in [0.3, 0.4) is 0 Å². The first-order valence-corrected chi connectivity index (χ1v) is 11.6. The zero-order valence-electron chi connectivity index (χ0n) is 19.6. The molecule has 1 unspecified atom stereocenters. The summed E-state index contributed by atoms with van der Waals surface area (Å²) < 4.78 is 19.0. The normalized spacial score (nSPS) is 15.9. The number of β-amino-alcohol motifs (C(OH)–C–C–N with tert-alkyl or cyclic N) is 1. The highest BCUT2D eigenvalue weighted by Gasteiger charge is 2.23. The minimum absolute atomic E-state index is 0.175. The molecule has 34 heavy (non-hydrogen) atoms. The number of fused-ring (bicyclic) bond motifs is 1. The van der Waals surface area contributed by atoms with E-state index in [1.165, 1.54) is 6.07 Å². The smallest absolute Gasteiger partial charge is 0.238 e. The van der Waals surface area contributed by atoms with Gasteiger partial charge in [-0.05, 0) is 74.8 Å². The van der Waals surface area contributed by atoms with E-state index in [0.717, 1.165) is 48.1 Å². The molecule has 0 radical (unpaired) electrons. The molecule has 1 saturated heterocycles. The predicted octanol–water partition coefficient (Wildman–Crippen LogP) is 3.42. The Bertz CT molecular complexity index is 1150. The highest BCUT2D eigenvalue weighted by Crippen LogP contribution is 2.27. The summed E-state index contributed by atoms with van der Waals surface area (Å²) in [6.07, 6.45) is 2.84. The molecule has 0 bridgehead atoms. The van der Waals surface area contributed by atoms with Gasteiger partial charge in [0.25, 0.3) is 0 Å². The van der Waals surface area contributed by atoms with Crippen LogP contribution in [-0.2, 0) is 4.79 Å². The highest BCUT2D eigenvalue weighted by atomic mass is 19.1. The largest absolute Gasteiger partial charge is 0.497 e. The van der Waals surface area contributed by atoms with E-state index < -0.39 is 6.10 Å². The number of hydrogen-bond donors (Lipinski definition) is 3. The Balaban J connectivity index is 1.26. The van der Waals surface area contributed by atoms with Gasteiger partial charge in [-0.15, -0.1) is 0 Å². The number of aliphatic hydroxyl groups excluding tert-OH is 1. The molecular weight excluding hydrogens is 435 g/mol. The van der Waals surface area contributed by atoms with E-state index in [4.69, 9.17) is 4.74 Å². The maximum atomic E-state index is 13.7. The van der Waals surface area contributed by atoms with Crippen molar-refractivity contribution in [1.29, 1.82) is 0 Å². The number of nitrogens with one attached hydrogen (secondary N) is 2. The Morgan fingerprint density at radius 3 is 2.82 bits per heavy atom. The van der Waals surface area contributed by atoms with Gasteiger partial charge in [0.1, 0.15) is 11.6 Å². The standard InChI is InChI=1S/C26H31FN4O3/c1-17-22(27)4-3-5-23(17)30-26(33)15-29-18-9-12-31(13-10-18)16-25(32)20-8-11-28-24-7-6-19(34-2)14-21(20)24/h3-8,11,14,18,25,29,32H,9-10,12-13,15-16H2,1-2H3,(H,30,33).